The van der Waals surface area contributed by atoms with Gasteiger partial charge in [-0.2, -0.15) is 0 Å². The molecule has 0 saturated heterocycles. The third-order valence-corrected chi connectivity index (χ3v) is 2.35. The average Bonchev–Trinajstić information content (AvgIpc) is 2.10. The quantitative estimate of drug-likeness (QED) is 0.341. The van der Waals surface area contributed by atoms with Gasteiger partial charge in [-0.25, -0.2) is 0 Å². The van der Waals surface area contributed by atoms with E-state index in [1.165, 1.54) is 57.8 Å². The molecule has 14 heavy (non-hydrogen) atoms. The first-order valence-corrected chi connectivity index (χ1v) is 5.71. The van der Waals surface area contributed by atoms with Crippen LogP contribution in [0, 0.1) is 6.92 Å². The molecule has 1 radical (unpaired) electrons. The van der Waals surface area contributed by atoms with E-state index < -0.39 is 0 Å². The maximum atomic E-state index is 3.84. The molecule has 0 aliphatic carbocycles. The Morgan fingerprint density at radius 3 is 1.43 bits per heavy atom. The molecule has 0 aromatic carbocycles. The summed E-state index contributed by atoms with van der Waals surface area (Å²) < 4.78 is 0. The van der Waals surface area contributed by atoms with Gasteiger partial charge < -0.3 is 12.4 Å². The molecule has 0 fully saturated rings. The van der Waals surface area contributed by atoms with Crippen LogP contribution in [0.15, 0.2) is 0 Å². The van der Waals surface area contributed by atoms with Gasteiger partial charge in [-0.3, -0.25) is 0 Å². The van der Waals surface area contributed by atoms with E-state index in [1.807, 2.05) is 0 Å². The fraction of sp³-hybridized carbons (Fsp3) is 0.917. The van der Waals surface area contributed by atoms with Gasteiger partial charge in [0.05, 0.1) is 0 Å². The second-order valence-corrected chi connectivity index (χ2v) is 3.68. The van der Waals surface area contributed by atoms with Crippen LogP contribution in [0.25, 0.3) is 0 Å². The monoisotopic (exact) mass is 227 g/mol. The summed E-state index contributed by atoms with van der Waals surface area (Å²) in [4.78, 5) is 0. The van der Waals surface area contributed by atoms with Gasteiger partial charge >= 0.3 is 29.6 Å². The summed E-state index contributed by atoms with van der Waals surface area (Å²) in [5.74, 6) is 0. The maximum Gasteiger partial charge on any atom is 1.00 e. The van der Waals surface area contributed by atoms with Crippen LogP contribution in [0.1, 0.15) is 71.1 Å². The number of halogens is 1. The van der Waals surface area contributed by atoms with Gasteiger partial charge in [0.2, 0.25) is 0 Å². The van der Waals surface area contributed by atoms with E-state index in [0.29, 0.717) is 0 Å². The van der Waals surface area contributed by atoms with Crippen LogP contribution in [0.3, 0.4) is 0 Å². The fourth-order valence-electron chi connectivity index (χ4n) is 1.49. The average molecular weight is 228 g/mol. The summed E-state index contributed by atoms with van der Waals surface area (Å²) in [7, 11) is 0. The molecule has 0 nitrogen and oxygen atoms in total. The van der Waals surface area contributed by atoms with E-state index in [9.17, 15) is 0 Å². The summed E-state index contributed by atoms with van der Waals surface area (Å²) in [5, 5.41) is 0. The second-order valence-electron chi connectivity index (χ2n) is 3.68. The molecule has 2 heteroatoms. The number of rotatable bonds is 9. The minimum Gasteiger partial charge on any atom is -1.00 e. The van der Waals surface area contributed by atoms with E-state index >= 15 is 0 Å². The fourth-order valence-corrected chi connectivity index (χ4v) is 1.49. The third-order valence-electron chi connectivity index (χ3n) is 2.35. The van der Waals surface area contributed by atoms with Crippen molar-refractivity contribution in [1.29, 1.82) is 0 Å². The van der Waals surface area contributed by atoms with Crippen molar-refractivity contribution < 1.29 is 42.0 Å². The zero-order valence-electron chi connectivity index (χ0n) is 10.2. The Kier molecular flexibility index (Phi) is 29.2. The number of hydrogen-bond donors (Lipinski definition) is 0. The Morgan fingerprint density at radius 1 is 0.714 bits per heavy atom. The summed E-state index contributed by atoms with van der Waals surface area (Å²) in [6.07, 6.45) is 13.9. The van der Waals surface area contributed by atoms with Gasteiger partial charge in [0.15, 0.2) is 0 Å². The molecule has 0 aromatic heterocycles. The van der Waals surface area contributed by atoms with Crippen molar-refractivity contribution >= 4 is 0 Å². The van der Waals surface area contributed by atoms with Crippen molar-refractivity contribution in [3.8, 4) is 0 Å². The van der Waals surface area contributed by atoms with Crippen LogP contribution >= 0.6 is 0 Å². The van der Waals surface area contributed by atoms with Gasteiger partial charge in [0.1, 0.15) is 0 Å². The number of unbranched alkanes of at least 4 members (excludes halogenated alkanes) is 9. The molecule has 0 atom stereocenters. The molecular weight excluding hydrogens is 203 g/mol. The molecule has 0 unspecified atom stereocenters. The second kappa shape index (κ2) is 19.8. The summed E-state index contributed by atoms with van der Waals surface area (Å²) in [6.45, 7) is 6.12. The van der Waals surface area contributed by atoms with Crippen molar-refractivity contribution in [2.24, 2.45) is 0 Å². The minimum absolute atomic E-state index is 0. The molecule has 0 N–H and O–H groups in total. The molecule has 0 heterocycles. The van der Waals surface area contributed by atoms with E-state index in [-0.39, 0.29) is 42.0 Å². The van der Waals surface area contributed by atoms with Crippen molar-refractivity contribution in [3.63, 3.8) is 0 Å². The summed E-state index contributed by atoms with van der Waals surface area (Å²) >= 11 is 0. The molecule has 0 aliphatic heterocycles. The van der Waals surface area contributed by atoms with Crippen LogP contribution in [0.5, 0.6) is 0 Å². The van der Waals surface area contributed by atoms with Crippen LogP contribution in [0.2, 0.25) is 0 Å². The first-order valence-electron chi connectivity index (χ1n) is 5.71. The van der Waals surface area contributed by atoms with Gasteiger partial charge in [-0.1, -0.05) is 78.1 Å². The molecular formula is C12H25ClNa. The Bertz CT molecular complexity index is 66.7. The van der Waals surface area contributed by atoms with Crippen molar-refractivity contribution in [2.45, 2.75) is 71.1 Å². The van der Waals surface area contributed by atoms with Crippen LogP contribution in [-0.4, -0.2) is 0 Å². The van der Waals surface area contributed by atoms with E-state index in [2.05, 4.69) is 13.8 Å². The van der Waals surface area contributed by atoms with Crippen molar-refractivity contribution in [3.05, 3.63) is 6.92 Å². The SMILES string of the molecule is [CH2]CCCCCCCCCCC.[Cl-].[Na+]. The van der Waals surface area contributed by atoms with Gasteiger partial charge in [-0.05, 0) is 0 Å². The zero-order valence-corrected chi connectivity index (χ0v) is 12.9. The molecule has 0 bridgehead atoms. The van der Waals surface area contributed by atoms with Crippen LogP contribution in [-0.2, 0) is 0 Å². The molecule has 0 spiro atoms. The van der Waals surface area contributed by atoms with Gasteiger partial charge in [0, 0.05) is 0 Å². The van der Waals surface area contributed by atoms with Crippen molar-refractivity contribution in [1.82, 2.24) is 0 Å². The van der Waals surface area contributed by atoms with E-state index in [0.717, 1.165) is 6.42 Å². The van der Waals surface area contributed by atoms with Gasteiger partial charge in [0.25, 0.3) is 0 Å². The first-order chi connectivity index (χ1) is 5.91. The predicted molar refractivity (Wildman–Crippen MR) is 57.2 cm³/mol. The van der Waals surface area contributed by atoms with E-state index in [4.69, 9.17) is 0 Å². The Balaban J connectivity index is -0.000000605. The van der Waals surface area contributed by atoms with Crippen LogP contribution in [0.4, 0.5) is 0 Å². The third kappa shape index (κ3) is 19.0. The minimum atomic E-state index is 0. The standard InChI is InChI=1S/C12H25.ClH.Na/c1-3-5-7-9-11-12-10-8-6-4-2;;/h1,3-12H2,2H3;1H;/q;;+1/p-1. The van der Waals surface area contributed by atoms with Gasteiger partial charge in [-0.15, -0.1) is 0 Å². The molecule has 0 amide bonds. The largest absolute Gasteiger partial charge is 1.00 e. The molecule has 0 aromatic rings. The predicted octanol–water partition coefficient (Wildman–Crippen LogP) is -1.25. The molecule has 0 aliphatic rings. The first kappa shape index (κ1) is 20.7. The van der Waals surface area contributed by atoms with E-state index in [1.54, 1.807) is 0 Å². The number of hydrogen-bond acceptors (Lipinski definition) is 0. The summed E-state index contributed by atoms with van der Waals surface area (Å²) in [5.41, 5.74) is 0. The van der Waals surface area contributed by atoms with Crippen molar-refractivity contribution in [2.75, 3.05) is 0 Å². The topological polar surface area (TPSA) is 0 Å². The molecule has 81 valence electrons. The molecule has 0 saturated carbocycles. The normalized spacial score (nSPS) is 9.00. The Labute approximate surface area is 119 Å². The Morgan fingerprint density at radius 2 is 1.07 bits per heavy atom. The zero-order chi connectivity index (χ0) is 9.07. The molecule has 0 rings (SSSR count). The van der Waals surface area contributed by atoms with Crippen LogP contribution < -0.4 is 42.0 Å². The Hall–Kier alpha value is 1.29. The smallest absolute Gasteiger partial charge is 1.00 e. The maximum absolute atomic E-state index is 3.84. The summed E-state index contributed by atoms with van der Waals surface area (Å²) in [6, 6.07) is 0.